The molecule has 7 heteroatoms. The molecule has 152 valence electrons. The lowest BCUT2D eigenvalue weighted by Crippen LogP contribution is -2.37. The van der Waals surface area contributed by atoms with Gasteiger partial charge in [-0.3, -0.25) is 9.59 Å². The summed E-state index contributed by atoms with van der Waals surface area (Å²) in [4.78, 5) is 36.7. The molecule has 0 spiro atoms. The summed E-state index contributed by atoms with van der Waals surface area (Å²) in [6.07, 6.45) is 2.74. The van der Waals surface area contributed by atoms with Crippen LogP contribution in [0.2, 0.25) is 0 Å². The molecule has 0 saturated carbocycles. The first kappa shape index (κ1) is 21.4. The van der Waals surface area contributed by atoms with E-state index in [4.69, 9.17) is 14.2 Å². The molecule has 2 aliphatic rings. The molecule has 0 bridgehead atoms. The Balaban J connectivity index is 2.45. The summed E-state index contributed by atoms with van der Waals surface area (Å²) in [6.45, 7) is 5.18. The quantitative estimate of drug-likeness (QED) is 0.586. The van der Waals surface area contributed by atoms with Gasteiger partial charge in [-0.1, -0.05) is 20.8 Å². The average molecular weight is 382 g/mol. The Morgan fingerprint density at radius 2 is 2.07 bits per heavy atom. The molecule has 0 aromatic carbocycles. The molecule has 27 heavy (non-hydrogen) atoms. The third-order valence-electron chi connectivity index (χ3n) is 5.44. The molecular formula is C20H30O7. The van der Waals surface area contributed by atoms with E-state index in [1.165, 1.54) is 7.11 Å². The van der Waals surface area contributed by atoms with Crippen molar-refractivity contribution in [2.75, 3.05) is 13.7 Å². The van der Waals surface area contributed by atoms with E-state index in [0.29, 0.717) is 31.3 Å². The zero-order valence-corrected chi connectivity index (χ0v) is 16.5. The summed E-state index contributed by atoms with van der Waals surface area (Å²) >= 11 is 0. The second-order valence-corrected chi connectivity index (χ2v) is 7.76. The number of aliphatic hydroxyl groups excluding tert-OH is 1. The van der Waals surface area contributed by atoms with Gasteiger partial charge in [-0.15, -0.1) is 0 Å². The van der Waals surface area contributed by atoms with Gasteiger partial charge >= 0.3 is 17.9 Å². The summed E-state index contributed by atoms with van der Waals surface area (Å²) in [5.74, 6) is -2.50. The minimum atomic E-state index is -0.766. The first-order valence-corrected chi connectivity index (χ1v) is 9.59. The predicted molar refractivity (Wildman–Crippen MR) is 96.4 cm³/mol. The molecule has 0 aromatic rings. The second kappa shape index (κ2) is 9.35. The maximum atomic E-state index is 12.3. The largest absolute Gasteiger partial charge is 0.466 e. The van der Waals surface area contributed by atoms with Crippen LogP contribution in [0, 0.1) is 23.7 Å². The average Bonchev–Trinajstić information content (AvgIpc) is 2.91. The summed E-state index contributed by atoms with van der Waals surface area (Å²) in [5, 5.41) is 9.70. The van der Waals surface area contributed by atoms with Gasteiger partial charge in [0.25, 0.3) is 0 Å². The minimum absolute atomic E-state index is 0.0249. The van der Waals surface area contributed by atoms with Crippen molar-refractivity contribution in [2.45, 2.75) is 58.7 Å². The molecule has 0 radical (unpaired) electrons. The molecule has 7 nitrogen and oxygen atoms in total. The van der Waals surface area contributed by atoms with Crippen LogP contribution in [0.5, 0.6) is 0 Å². The lowest BCUT2D eigenvalue weighted by atomic mass is 9.80. The number of carbonyl (C=O) groups is 3. The normalized spacial score (nSPS) is 33.5. The van der Waals surface area contributed by atoms with E-state index < -0.39 is 36.0 Å². The van der Waals surface area contributed by atoms with Crippen LogP contribution in [0.4, 0.5) is 0 Å². The molecule has 1 unspecified atom stereocenters. The third kappa shape index (κ3) is 5.09. The first-order chi connectivity index (χ1) is 12.8. The highest BCUT2D eigenvalue weighted by molar-refractivity contribution is 5.88. The Morgan fingerprint density at radius 1 is 1.37 bits per heavy atom. The van der Waals surface area contributed by atoms with Gasteiger partial charge in [-0.25, -0.2) is 4.79 Å². The summed E-state index contributed by atoms with van der Waals surface area (Å²) in [6, 6.07) is 0. The van der Waals surface area contributed by atoms with Crippen LogP contribution < -0.4 is 0 Å². The van der Waals surface area contributed by atoms with Crippen molar-refractivity contribution in [2.24, 2.45) is 23.7 Å². The Bertz CT molecular complexity index is 595. The number of hydrogen-bond donors (Lipinski definition) is 1. The van der Waals surface area contributed by atoms with E-state index in [-0.39, 0.29) is 24.4 Å². The number of ether oxygens (including phenoxy) is 3. The lowest BCUT2D eigenvalue weighted by molar-refractivity contribution is -0.154. The van der Waals surface area contributed by atoms with E-state index in [9.17, 15) is 19.5 Å². The molecule has 1 aliphatic carbocycles. The number of aliphatic hydroxyl groups is 1. The highest BCUT2D eigenvalue weighted by Gasteiger charge is 2.48. The Morgan fingerprint density at radius 3 is 2.67 bits per heavy atom. The van der Waals surface area contributed by atoms with E-state index in [0.717, 1.165) is 0 Å². The summed E-state index contributed by atoms with van der Waals surface area (Å²) in [5.41, 5.74) is 0.419. The SMILES string of the molecule is COC(=O)/C1=C\[C@@H](OC(=O)C(C)C)[C@@H]2[C@@H](CC(CO)CCC1)OC(=O)[C@@H]2C. The van der Waals surface area contributed by atoms with Crippen LogP contribution in [0.1, 0.15) is 46.5 Å². The van der Waals surface area contributed by atoms with E-state index >= 15 is 0 Å². The molecule has 1 fully saturated rings. The van der Waals surface area contributed by atoms with Crippen LogP contribution in [-0.2, 0) is 28.6 Å². The summed E-state index contributed by atoms with van der Waals surface area (Å²) in [7, 11) is 1.31. The lowest BCUT2D eigenvalue weighted by Gasteiger charge is -2.30. The number of rotatable bonds is 4. The predicted octanol–water partition coefficient (Wildman–Crippen LogP) is 2.01. The van der Waals surface area contributed by atoms with E-state index in [2.05, 4.69) is 0 Å². The van der Waals surface area contributed by atoms with Gasteiger partial charge in [0, 0.05) is 18.1 Å². The van der Waals surface area contributed by atoms with Crippen LogP contribution in [0.15, 0.2) is 11.6 Å². The second-order valence-electron chi connectivity index (χ2n) is 7.76. The Hall–Kier alpha value is -1.89. The smallest absolute Gasteiger partial charge is 0.333 e. The zero-order valence-electron chi connectivity index (χ0n) is 16.5. The number of esters is 3. The molecular weight excluding hydrogens is 352 g/mol. The van der Waals surface area contributed by atoms with Crippen molar-refractivity contribution >= 4 is 17.9 Å². The molecule has 1 N–H and O–H groups in total. The third-order valence-corrected chi connectivity index (χ3v) is 5.44. The molecule has 2 rings (SSSR count). The van der Waals surface area contributed by atoms with Gasteiger partial charge in [0.15, 0.2) is 0 Å². The van der Waals surface area contributed by atoms with Gasteiger partial charge in [0.05, 0.1) is 18.9 Å². The van der Waals surface area contributed by atoms with Crippen LogP contribution >= 0.6 is 0 Å². The molecule has 0 aromatic heterocycles. The zero-order chi connectivity index (χ0) is 20.1. The maximum absolute atomic E-state index is 12.3. The van der Waals surface area contributed by atoms with Gasteiger partial charge < -0.3 is 19.3 Å². The first-order valence-electron chi connectivity index (χ1n) is 9.59. The van der Waals surface area contributed by atoms with Gasteiger partial charge in [0.2, 0.25) is 0 Å². The molecule has 1 heterocycles. The van der Waals surface area contributed by atoms with Crippen molar-refractivity contribution in [3.63, 3.8) is 0 Å². The maximum Gasteiger partial charge on any atom is 0.333 e. The van der Waals surface area contributed by atoms with Gasteiger partial charge in [0.1, 0.15) is 12.2 Å². The van der Waals surface area contributed by atoms with Crippen molar-refractivity contribution < 1.29 is 33.7 Å². The molecule has 0 amide bonds. The number of carbonyl (C=O) groups excluding carboxylic acids is 3. The topological polar surface area (TPSA) is 99.1 Å². The molecule has 1 saturated heterocycles. The highest BCUT2D eigenvalue weighted by atomic mass is 16.6. The standard InChI is InChI=1S/C20H30O7/c1-11(2)18(22)26-16-9-14(20(24)25-4)7-5-6-13(10-21)8-15-17(16)12(3)19(23)27-15/h9,11-13,15-17,21H,5-8,10H2,1-4H3/b14-9-/t12-,13?,15-,16-,17+/m1/s1. The van der Waals surface area contributed by atoms with Crippen molar-refractivity contribution in [1.82, 2.24) is 0 Å². The monoisotopic (exact) mass is 382 g/mol. The number of fused-ring (bicyclic) bond motifs is 1. The highest BCUT2D eigenvalue weighted by Crippen LogP contribution is 2.38. The van der Waals surface area contributed by atoms with Gasteiger partial charge in [-0.2, -0.15) is 0 Å². The Labute approximate surface area is 160 Å². The fourth-order valence-electron chi connectivity index (χ4n) is 3.79. The summed E-state index contributed by atoms with van der Waals surface area (Å²) < 4.78 is 16.1. The van der Waals surface area contributed by atoms with E-state index in [1.807, 2.05) is 0 Å². The minimum Gasteiger partial charge on any atom is -0.466 e. The fraction of sp³-hybridized carbons (Fsp3) is 0.750. The molecule has 1 aliphatic heterocycles. The van der Waals surface area contributed by atoms with Crippen LogP contribution in [-0.4, -0.2) is 48.9 Å². The van der Waals surface area contributed by atoms with Crippen LogP contribution in [0.3, 0.4) is 0 Å². The number of hydrogen-bond acceptors (Lipinski definition) is 7. The van der Waals surface area contributed by atoms with E-state index in [1.54, 1.807) is 26.8 Å². The van der Waals surface area contributed by atoms with Gasteiger partial charge in [-0.05, 0) is 37.7 Å². The van der Waals surface area contributed by atoms with Crippen LogP contribution in [0.25, 0.3) is 0 Å². The van der Waals surface area contributed by atoms with Crippen molar-refractivity contribution in [3.8, 4) is 0 Å². The fourth-order valence-corrected chi connectivity index (χ4v) is 3.79. The number of methoxy groups -OCH3 is 1. The Kier molecular flexibility index (Phi) is 7.41. The van der Waals surface area contributed by atoms with Crippen molar-refractivity contribution in [1.29, 1.82) is 0 Å². The van der Waals surface area contributed by atoms with Crippen molar-refractivity contribution in [3.05, 3.63) is 11.6 Å². The molecule has 5 atom stereocenters.